The molecular formula is C22H21N3O2. The minimum Gasteiger partial charge on any atom is -0.288 e. The van der Waals surface area contributed by atoms with Crippen molar-refractivity contribution in [3.63, 3.8) is 0 Å². The molecular weight excluding hydrogens is 338 g/mol. The zero-order chi connectivity index (χ0) is 18.6. The van der Waals surface area contributed by atoms with E-state index in [2.05, 4.69) is 4.98 Å². The highest BCUT2D eigenvalue weighted by Gasteiger charge is 2.27. The van der Waals surface area contributed by atoms with Crippen molar-refractivity contribution in [3.05, 3.63) is 89.6 Å². The van der Waals surface area contributed by atoms with Gasteiger partial charge in [-0.3, -0.25) is 19.6 Å². The van der Waals surface area contributed by atoms with Gasteiger partial charge in [0, 0.05) is 18.3 Å². The molecule has 1 aliphatic heterocycles. The molecule has 0 saturated carbocycles. The van der Waals surface area contributed by atoms with E-state index in [4.69, 9.17) is 4.84 Å². The first kappa shape index (κ1) is 17.2. The van der Waals surface area contributed by atoms with Gasteiger partial charge in [-0.1, -0.05) is 42.5 Å². The number of pyridine rings is 1. The van der Waals surface area contributed by atoms with Gasteiger partial charge in [-0.15, -0.1) is 0 Å². The fourth-order valence-electron chi connectivity index (χ4n) is 3.48. The van der Waals surface area contributed by atoms with Gasteiger partial charge in [0.1, 0.15) is 5.82 Å². The lowest BCUT2D eigenvalue weighted by atomic mass is 10.0. The summed E-state index contributed by atoms with van der Waals surface area (Å²) in [6, 6.07) is 21.4. The van der Waals surface area contributed by atoms with Crippen molar-refractivity contribution in [2.75, 3.05) is 23.6 Å². The van der Waals surface area contributed by atoms with Crippen LogP contribution in [0.5, 0.6) is 0 Å². The Balaban J connectivity index is 1.73. The van der Waals surface area contributed by atoms with Crippen LogP contribution in [0.4, 0.5) is 11.5 Å². The maximum Gasteiger partial charge on any atom is 0.260 e. The van der Waals surface area contributed by atoms with Crippen LogP contribution in [0.3, 0.4) is 0 Å². The van der Waals surface area contributed by atoms with Crippen molar-refractivity contribution in [2.45, 2.75) is 13.0 Å². The van der Waals surface area contributed by atoms with Gasteiger partial charge in [-0.25, -0.2) is 4.98 Å². The van der Waals surface area contributed by atoms with E-state index in [9.17, 15) is 4.79 Å². The standard InChI is InChI=1S/C22H21N3O2/c1-27-25-15-13-18-19(10-7-11-20(18)25)22(26)24(21-12-5-6-14-23-21)16-17-8-3-2-4-9-17/h2-12,14H,13,15-16H2,1H3. The van der Waals surface area contributed by atoms with Gasteiger partial charge < -0.3 is 0 Å². The van der Waals surface area contributed by atoms with Crippen LogP contribution in [0, 0.1) is 0 Å². The van der Waals surface area contributed by atoms with Gasteiger partial charge in [0.15, 0.2) is 0 Å². The van der Waals surface area contributed by atoms with Crippen molar-refractivity contribution in [1.82, 2.24) is 4.98 Å². The monoisotopic (exact) mass is 359 g/mol. The summed E-state index contributed by atoms with van der Waals surface area (Å²) in [4.78, 5) is 25.1. The number of aromatic nitrogens is 1. The maximum atomic E-state index is 13.5. The van der Waals surface area contributed by atoms with Crippen LogP contribution in [-0.4, -0.2) is 24.5 Å². The summed E-state index contributed by atoms with van der Waals surface area (Å²) in [5.41, 5.74) is 3.75. The topological polar surface area (TPSA) is 45.7 Å². The number of benzene rings is 2. The molecule has 0 radical (unpaired) electrons. The van der Waals surface area contributed by atoms with Gasteiger partial charge in [0.05, 0.1) is 19.3 Å². The van der Waals surface area contributed by atoms with Crippen molar-refractivity contribution in [1.29, 1.82) is 0 Å². The summed E-state index contributed by atoms with van der Waals surface area (Å²) >= 11 is 0. The molecule has 5 nitrogen and oxygen atoms in total. The molecule has 3 aromatic rings. The lowest BCUT2D eigenvalue weighted by Crippen LogP contribution is -2.31. The molecule has 4 rings (SSSR count). The van der Waals surface area contributed by atoms with Crippen LogP contribution in [0.2, 0.25) is 0 Å². The maximum absolute atomic E-state index is 13.5. The summed E-state index contributed by atoms with van der Waals surface area (Å²) in [6.07, 6.45) is 2.50. The van der Waals surface area contributed by atoms with Gasteiger partial charge in [-0.05, 0) is 41.8 Å². The molecule has 0 saturated heterocycles. The quantitative estimate of drug-likeness (QED) is 0.694. The first-order chi connectivity index (χ1) is 13.3. The number of anilines is 2. The number of hydrogen-bond donors (Lipinski definition) is 0. The molecule has 2 heterocycles. The molecule has 0 spiro atoms. The Hall–Kier alpha value is -3.18. The second-order valence-electron chi connectivity index (χ2n) is 6.40. The van der Waals surface area contributed by atoms with Gasteiger partial charge in [0.2, 0.25) is 0 Å². The predicted molar refractivity (Wildman–Crippen MR) is 106 cm³/mol. The summed E-state index contributed by atoms with van der Waals surface area (Å²) in [5, 5.41) is 1.83. The lowest BCUT2D eigenvalue weighted by molar-refractivity contribution is 0.0983. The van der Waals surface area contributed by atoms with E-state index in [1.54, 1.807) is 18.2 Å². The third-order valence-electron chi connectivity index (χ3n) is 4.79. The first-order valence-electron chi connectivity index (χ1n) is 8.98. The third-order valence-corrected chi connectivity index (χ3v) is 4.79. The predicted octanol–water partition coefficient (Wildman–Crippen LogP) is 3.85. The number of fused-ring (bicyclic) bond motifs is 1. The van der Waals surface area contributed by atoms with Gasteiger partial charge in [0.25, 0.3) is 5.91 Å². The van der Waals surface area contributed by atoms with Gasteiger partial charge >= 0.3 is 0 Å². The molecule has 0 N–H and O–H groups in total. The van der Waals surface area contributed by atoms with E-state index >= 15 is 0 Å². The minimum atomic E-state index is -0.0487. The molecule has 0 atom stereocenters. The Labute approximate surface area is 158 Å². The Morgan fingerprint density at radius 1 is 1.07 bits per heavy atom. The van der Waals surface area contributed by atoms with E-state index in [1.807, 2.05) is 71.8 Å². The summed E-state index contributed by atoms with van der Waals surface area (Å²) < 4.78 is 0. The third kappa shape index (κ3) is 3.41. The smallest absolute Gasteiger partial charge is 0.260 e. The Kier molecular flexibility index (Phi) is 4.85. The Morgan fingerprint density at radius 2 is 1.89 bits per heavy atom. The van der Waals surface area contributed by atoms with E-state index in [0.29, 0.717) is 17.9 Å². The zero-order valence-electron chi connectivity index (χ0n) is 15.2. The fraction of sp³-hybridized carbons (Fsp3) is 0.182. The number of rotatable bonds is 5. The molecule has 1 aliphatic rings. The van der Waals surface area contributed by atoms with Crippen LogP contribution in [0.1, 0.15) is 21.5 Å². The Morgan fingerprint density at radius 3 is 2.63 bits per heavy atom. The number of nitrogens with zero attached hydrogens (tertiary/aromatic N) is 3. The highest BCUT2D eigenvalue weighted by molar-refractivity contribution is 6.07. The molecule has 5 heteroatoms. The minimum absolute atomic E-state index is 0.0487. The van der Waals surface area contributed by atoms with Crippen LogP contribution < -0.4 is 9.96 Å². The van der Waals surface area contributed by atoms with E-state index in [1.165, 1.54) is 0 Å². The number of carbonyl (C=O) groups is 1. The van der Waals surface area contributed by atoms with Crippen molar-refractivity contribution in [2.24, 2.45) is 0 Å². The van der Waals surface area contributed by atoms with Gasteiger partial charge in [-0.2, -0.15) is 0 Å². The summed E-state index contributed by atoms with van der Waals surface area (Å²) in [7, 11) is 1.65. The average Bonchev–Trinajstić information content (AvgIpc) is 3.16. The number of carbonyl (C=O) groups excluding carboxylic acids is 1. The second-order valence-corrected chi connectivity index (χ2v) is 6.40. The van der Waals surface area contributed by atoms with Crippen LogP contribution in [0.25, 0.3) is 0 Å². The molecule has 0 bridgehead atoms. The number of hydrogen-bond acceptors (Lipinski definition) is 4. The molecule has 0 fully saturated rings. The molecule has 136 valence electrons. The van der Waals surface area contributed by atoms with Crippen molar-refractivity contribution >= 4 is 17.4 Å². The summed E-state index contributed by atoms with van der Waals surface area (Å²) in [5.74, 6) is 0.595. The second kappa shape index (κ2) is 7.60. The van der Waals surface area contributed by atoms with E-state index in [0.717, 1.165) is 29.8 Å². The van der Waals surface area contributed by atoms with Crippen LogP contribution in [0.15, 0.2) is 72.9 Å². The van der Waals surface area contributed by atoms with Crippen molar-refractivity contribution in [3.8, 4) is 0 Å². The van der Waals surface area contributed by atoms with Crippen molar-refractivity contribution < 1.29 is 9.63 Å². The molecule has 1 aromatic heterocycles. The number of hydroxylamine groups is 1. The normalized spacial score (nSPS) is 12.7. The van der Waals surface area contributed by atoms with Crippen LogP contribution in [-0.2, 0) is 17.8 Å². The van der Waals surface area contributed by atoms with Crippen LogP contribution >= 0.6 is 0 Å². The Bertz CT molecular complexity index is 929. The molecule has 2 aromatic carbocycles. The summed E-state index contributed by atoms with van der Waals surface area (Å²) in [6.45, 7) is 1.22. The first-order valence-corrected chi connectivity index (χ1v) is 8.98. The molecule has 1 amide bonds. The fourth-order valence-corrected chi connectivity index (χ4v) is 3.48. The highest BCUT2D eigenvalue weighted by atomic mass is 16.7. The lowest BCUT2D eigenvalue weighted by Gasteiger charge is -2.23. The SMILES string of the molecule is CON1CCc2c(C(=O)N(Cc3ccccc3)c3ccccn3)cccc21. The molecule has 0 unspecified atom stereocenters. The largest absolute Gasteiger partial charge is 0.288 e. The molecule has 27 heavy (non-hydrogen) atoms. The molecule has 0 aliphatic carbocycles. The zero-order valence-corrected chi connectivity index (χ0v) is 15.2. The average molecular weight is 359 g/mol. The highest BCUT2D eigenvalue weighted by Crippen LogP contribution is 2.32. The number of amides is 1. The van der Waals surface area contributed by atoms with E-state index < -0.39 is 0 Å². The van der Waals surface area contributed by atoms with E-state index in [-0.39, 0.29) is 5.91 Å².